The van der Waals surface area contributed by atoms with E-state index in [2.05, 4.69) is 24.5 Å². The molecule has 3 rings (SSSR count). The normalized spacial score (nSPS) is 13.6. The minimum Gasteiger partial charge on any atom is -0.492 e. The first kappa shape index (κ1) is 19.6. The molecule has 5 nitrogen and oxygen atoms in total. The van der Waals surface area contributed by atoms with E-state index in [1.165, 1.54) is 0 Å². The summed E-state index contributed by atoms with van der Waals surface area (Å²) in [6.07, 6.45) is 0.463. The summed E-state index contributed by atoms with van der Waals surface area (Å²) < 4.78 is 5.64. The predicted molar refractivity (Wildman–Crippen MR) is 110 cm³/mol. The smallest absolute Gasteiger partial charge is 0.255 e. The fourth-order valence-corrected chi connectivity index (χ4v) is 3.69. The van der Waals surface area contributed by atoms with Crippen molar-refractivity contribution in [3.05, 3.63) is 47.0 Å². The molecule has 1 aliphatic rings. The van der Waals surface area contributed by atoms with Crippen LogP contribution in [0.1, 0.15) is 30.6 Å². The number of rotatable bonds is 5. The van der Waals surface area contributed by atoms with Gasteiger partial charge >= 0.3 is 0 Å². The highest BCUT2D eigenvalue weighted by atomic mass is 35.5. The highest BCUT2D eigenvalue weighted by Crippen LogP contribution is 2.32. The van der Waals surface area contributed by atoms with Gasteiger partial charge in [-0.25, -0.2) is 0 Å². The number of thioether (sulfide) groups is 1. The van der Waals surface area contributed by atoms with Crippen LogP contribution in [0.5, 0.6) is 5.75 Å². The fraction of sp³-hybridized carbons (Fsp3) is 0.300. The molecule has 2 amide bonds. The molecule has 0 radical (unpaired) electrons. The highest BCUT2D eigenvalue weighted by molar-refractivity contribution is 7.99. The summed E-state index contributed by atoms with van der Waals surface area (Å²) in [4.78, 5) is 25.3. The molecule has 0 aromatic heterocycles. The number of amides is 2. The molecule has 0 saturated carbocycles. The molecule has 1 aliphatic heterocycles. The second-order valence-electron chi connectivity index (χ2n) is 6.66. The van der Waals surface area contributed by atoms with E-state index in [0.717, 1.165) is 10.6 Å². The van der Waals surface area contributed by atoms with Crippen LogP contribution in [0.2, 0.25) is 5.02 Å². The van der Waals surface area contributed by atoms with Gasteiger partial charge in [0.2, 0.25) is 5.91 Å². The maximum Gasteiger partial charge on any atom is 0.255 e. The van der Waals surface area contributed by atoms with Gasteiger partial charge in [-0.15, -0.1) is 11.8 Å². The van der Waals surface area contributed by atoms with Gasteiger partial charge in [-0.2, -0.15) is 0 Å². The summed E-state index contributed by atoms with van der Waals surface area (Å²) in [5.41, 5.74) is 1.72. The van der Waals surface area contributed by atoms with Gasteiger partial charge in [-0.05, 0) is 42.3 Å². The van der Waals surface area contributed by atoms with Crippen molar-refractivity contribution in [1.82, 2.24) is 0 Å². The van der Waals surface area contributed by atoms with Gasteiger partial charge in [0.1, 0.15) is 5.75 Å². The van der Waals surface area contributed by atoms with Crippen molar-refractivity contribution in [3.8, 4) is 5.75 Å². The average Bonchev–Trinajstić information content (AvgIpc) is 2.80. The van der Waals surface area contributed by atoms with Gasteiger partial charge in [-0.3, -0.25) is 9.59 Å². The largest absolute Gasteiger partial charge is 0.492 e. The molecule has 0 bridgehead atoms. The van der Waals surface area contributed by atoms with E-state index in [1.807, 2.05) is 6.07 Å². The number of benzene rings is 2. The van der Waals surface area contributed by atoms with Crippen LogP contribution < -0.4 is 15.4 Å². The molecule has 1 heterocycles. The first-order valence-electron chi connectivity index (χ1n) is 8.73. The van der Waals surface area contributed by atoms with E-state index in [1.54, 1.807) is 42.1 Å². The predicted octanol–water partition coefficient (Wildman–Crippen LogP) is 5.06. The Morgan fingerprint density at radius 1 is 1.30 bits per heavy atom. The minimum absolute atomic E-state index is 0.0393. The number of anilines is 2. The second kappa shape index (κ2) is 8.67. The van der Waals surface area contributed by atoms with Crippen molar-refractivity contribution in [3.63, 3.8) is 0 Å². The number of halogens is 1. The SMILES string of the molecule is CC(C)COc1ccc(NC(=O)c2ccc3c(c2)NC(=O)CCS3)cc1Cl. The van der Waals surface area contributed by atoms with Crippen LogP contribution >= 0.6 is 23.4 Å². The first-order valence-corrected chi connectivity index (χ1v) is 10.1. The van der Waals surface area contributed by atoms with Crippen LogP contribution in [0, 0.1) is 5.92 Å². The second-order valence-corrected chi connectivity index (χ2v) is 8.21. The van der Waals surface area contributed by atoms with E-state index in [4.69, 9.17) is 16.3 Å². The lowest BCUT2D eigenvalue weighted by molar-refractivity contribution is -0.115. The third-order valence-electron chi connectivity index (χ3n) is 3.86. The number of carbonyl (C=O) groups is 2. The topological polar surface area (TPSA) is 67.4 Å². The van der Waals surface area contributed by atoms with Crippen LogP contribution in [0.25, 0.3) is 0 Å². The molecule has 2 aromatic rings. The monoisotopic (exact) mass is 404 g/mol. The highest BCUT2D eigenvalue weighted by Gasteiger charge is 2.16. The van der Waals surface area contributed by atoms with Gasteiger partial charge in [-0.1, -0.05) is 25.4 Å². The molecule has 0 saturated heterocycles. The van der Waals surface area contributed by atoms with Crippen molar-refractivity contribution in [2.45, 2.75) is 25.2 Å². The Bertz CT molecular complexity index is 870. The molecule has 0 spiro atoms. The van der Waals surface area contributed by atoms with E-state index in [0.29, 0.717) is 46.7 Å². The lowest BCUT2D eigenvalue weighted by Gasteiger charge is -2.12. The zero-order valence-corrected chi connectivity index (χ0v) is 16.7. The average molecular weight is 405 g/mol. The molecular weight excluding hydrogens is 384 g/mol. The maximum atomic E-state index is 12.6. The van der Waals surface area contributed by atoms with E-state index < -0.39 is 0 Å². The Morgan fingerprint density at radius 2 is 2.11 bits per heavy atom. The standard InChI is InChI=1S/C20H21ClN2O3S/c1-12(2)11-26-17-5-4-14(10-15(17)21)22-20(25)13-3-6-18-16(9-13)23-19(24)7-8-27-18/h3-6,9-10,12H,7-8,11H2,1-2H3,(H,22,25)(H,23,24). The Labute approximate surface area is 167 Å². The number of fused-ring (bicyclic) bond motifs is 1. The van der Waals surface area contributed by atoms with Gasteiger partial charge in [0.05, 0.1) is 17.3 Å². The Kier molecular flexibility index (Phi) is 6.29. The molecule has 0 atom stereocenters. The number of hydrogen-bond acceptors (Lipinski definition) is 4. The summed E-state index contributed by atoms with van der Waals surface area (Å²) in [5.74, 6) is 1.41. The van der Waals surface area contributed by atoms with Crippen LogP contribution in [-0.2, 0) is 4.79 Å². The van der Waals surface area contributed by atoms with Crippen LogP contribution in [0.4, 0.5) is 11.4 Å². The molecule has 2 N–H and O–H groups in total. The molecule has 0 aliphatic carbocycles. The minimum atomic E-state index is -0.270. The summed E-state index contributed by atoms with van der Waals surface area (Å²) in [6.45, 7) is 4.69. The lowest BCUT2D eigenvalue weighted by atomic mass is 10.1. The zero-order valence-electron chi connectivity index (χ0n) is 15.2. The molecule has 7 heteroatoms. The van der Waals surface area contributed by atoms with Crippen LogP contribution in [0.15, 0.2) is 41.3 Å². The molecule has 0 fully saturated rings. The van der Waals surface area contributed by atoms with Crippen LogP contribution in [0.3, 0.4) is 0 Å². The van der Waals surface area contributed by atoms with Crippen molar-refractivity contribution in [2.75, 3.05) is 23.0 Å². The Hall–Kier alpha value is -2.18. The third-order valence-corrected chi connectivity index (χ3v) is 5.24. The van der Waals surface area contributed by atoms with E-state index >= 15 is 0 Å². The van der Waals surface area contributed by atoms with Crippen LogP contribution in [-0.4, -0.2) is 24.2 Å². The Morgan fingerprint density at radius 3 is 2.85 bits per heavy atom. The Balaban J connectivity index is 1.72. The molecule has 27 heavy (non-hydrogen) atoms. The van der Waals surface area contributed by atoms with Gasteiger partial charge in [0, 0.05) is 28.3 Å². The summed E-state index contributed by atoms with van der Waals surface area (Å²) in [6, 6.07) is 10.5. The summed E-state index contributed by atoms with van der Waals surface area (Å²) in [5, 5.41) is 6.11. The van der Waals surface area contributed by atoms with E-state index in [9.17, 15) is 9.59 Å². The first-order chi connectivity index (χ1) is 12.9. The van der Waals surface area contributed by atoms with Gasteiger partial charge in [0.25, 0.3) is 5.91 Å². The number of hydrogen-bond donors (Lipinski definition) is 2. The van der Waals surface area contributed by atoms with Crippen molar-refractivity contribution >= 4 is 46.6 Å². The summed E-state index contributed by atoms with van der Waals surface area (Å²) in [7, 11) is 0. The summed E-state index contributed by atoms with van der Waals surface area (Å²) >= 11 is 7.85. The molecule has 2 aromatic carbocycles. The lowest BCUT2D eigenvalue weighted by Crippen LogP contribution is -2.14. The number of ether oxygens (including phenoxy) is 1. The fourth-order valence-electron chi connectivity index (χ4n) is 2.52. The zero-order chi connectivity index (χ0) is 19.4. The van der Waals surface area contributed by atoms with Crippen molar-refractivity contribution in [1.29, 1.82) is 0 Å². The third kappa shape index (κ3) is 5.17. The quantitative estimate of drug-likeness (QED) is 0.730. The van der Waals surface area contributed by atoms with Crippen molar-refractivity contribution in [2.24, 2.45) is 5.92 Å². The van der Waals surface area contributed by atoms with E-state index in [-0.39, 0.29) is 11.8 Å². The molecular formula is C20H21ClN2O3S. The number of nitrogens with one attached hydrogen (secondary N) is 2. The number of carbonyl (C=O) groups excluding carboxylic acids is 2. The molecule has 0 unspecified atom stereocenters. The van der Waals surface area contributed by atoms with Gasteiger partial charge < -0.3 is 15.4 Å². The van der Waals surface area contributed by atoms with Crippen molar-refractivity contribution < 1.29 is 14.3 Å². The maximum absolute atomic E-state index is 12.6. The molecule has 142 valence electrons. The van der Waals surface area contributed by atoms with Gasteiger partial charge in [0.15, 0.2) is 0 Å².